The van der Waals surface area contributed by atoms with Gasteiger partial charge in [-0.15, -0.1) is 0 Å². The van der Waals surface area contributed by atoms with Crippen LogP contribution in [0.3, 0.4) is 0 Å². The lowest BCUT2D eigenvalue weighted by Crippen LogP contribution is -2.76. The van der Waals surface area contributed by atoms with E-state index in [0.717, 1.165) is 0 Å². The van der Waals surface area contributed by atoms with Crippen LogP contribution in [0.1, 0.15) is 52.7 Å². The molecule has 1 atom stereocenters. The average Bonchev–Trinajstić information content (AvgIpc) is 3.77. The number of aromatic nitrogens is 2. The van der Waals surface area contributed by atoms with Crippen molar-refractivity contribution in [2.24, 2.45) is 0 Å². The van der Waals surface area contributed by atoms with Crippen molar-refractivity contribution in [1.29, 1.82) is 0 Å². The Morgan fingerprint density at radius 2 is 0.898 bits per heavy atom. The van der Waals surface area contributed by atoms with Crippen molar-refractivity contribution in [2.75, 3.05) is 0 Å². The van der Waals surface area contributed by atoms with Gasteiger partial charge in [-0.1, -0.05) is 175 Å². The lowest BCUT2D eigenvalue weighted by atomic mass is 9.85. The molecule has 10 aromatic rings. The monoisotopic (exact) mass is 776 g/mol. The van der Waals surface area contributed by atoms with E-state index in [9.17, 15) is 0 Å². The molecule has 0 N–H and O–H groups in total. The van der Waals surface area contributed by atoms with Crippen molar-refractivity contribution >= 4 is 72.4 Å². The van der Waals surface area contributed by atoms with Crippen molar-refractivity contribution in [2.45, 2.75) is 52.4 Å². The highest BCUT2D eigenvalue weighted by Crippen LogP contribution is 2.41. The quantitative estimate of drug-likeness (QED) is 0.158. The van der Waals surface area contributed by atoms with Crippen molar-refractivity contribution < 1.29 is 0 Å². The first kappa shape index (κ1) is 35.7. The van der Waals surface area contributed by atoms with Gasteiger partial charge in [-0.05, 0) is 102 Å². The molecule has 286 valence electrons. The standard InChI is InChI=1S/C56H48N2Si/c1-55(2,3)39-27-30-48-45(34-39)46-35-40(56(4,5)6)28-31-49(46)57(48)41-29-32-50-47(36-41)44-23-16-26-53-54(44)58(50)51-24-13-14-25-52(51)59(53,42-20-11-8-12-21-42)43-22-15-19-38(33-43)37-17-9-7-10-18-37/h7-36H,1-6H3. The maximum absolute atomic E-state index is 2.84. The van der Waals surface area contributed by atoms with Gasteiger partial charge in [0.1, 0.15) is 0 Å². The summed E-state index contributed by atoms with van der Waals surface area (Å²) >= 11 is 0. The van der Waals surface area contributed by atoms with Crippen molar-refractivity contribution in [3.63, 3.8) is 0 Å². The van der Waals surface area contributed by atoms with Gasteiger partial charge in [-0.25, -0.2) is 0 Å². The fourth-order valence-corrected chi connectivity index (χ4v) is 15.3. The molecule has 3 heterocycles. The molecule has 11 rings (SSSR count). The van der Waals surface area contributed by atoms with Gasteiger partial charge in [0, 0.05) is 32.9 Å². The second-order valence-corrected chi connectivity index (χ2v) is 22.3. The zero-order chi connectivity index (χ0) is 40.3. The summed E-state index contributed by atoms with van der Waals surface area (Å²) in [6.07, 6.45) is 0. The Bertz CT molecular complexity index is 3210. The summed E-state index contributed by atoms with van der Waals surface area (Å²) in [5.74, 6) is 0. The number of hydrogen-bond acceptors (Lipinski definition) is 0. The second-order valence-electron chi connectivity index (χ2n) is 18.6. The van der Waals surface area contributed by atoms with Crippen LogP contribution in [-0.4, -0.2) is 17.2 Å². The van der Waals surface area contributed by atoms with Gasteiger partial charge < -0.3 is 9.13 Å². The molecule has 0 bridgehead atoms. The third-order valence-electron chi connectivity index (χ3n) is 13.1. The Balaban J connectivity index is 1.22. The van der Waals surface area contributed by atoms with Gasteiger partial charge in [0.25, 0.3) is 0 Å². The molecule has 1 aliphatic rings. The minimum atomic E-state index is -2.84. The Kier molecular flexibility index (Phi) is 7.74. The van der Waals surface area contributed by atoms with E-state index in [1.54, 1.807) is 0 Å². The van der Waals surface area contributed by atoms with Gasteiger partial charge in [-0.2, -0.15) is 0 Å². The van der Waals surface area contributed by atoms with Gasteiger partial charge in [0.15, 0.2) is 8.07 Å². The molecular formula is C56H48N2Si. The van der Waals surface area contributed by atoms with Gasteiger partial charge in [0.05, 0.1) is 22.1 Å². The van der Waals surface area contributed by atoms with E-state index in [1.165, 1.54) is 98.0 Å². The van der Waals surface area contributed by atoms with Crippen molar-refractivity contribution in [3.8, 4) is 22.5 Å². The Morgan fingerprint density at radius 1 is 0.373 bits per heavy atom. The first-order chi connectivity index (χ1) is 28.5. The van der Waals surface area contributed by atoms with Crippen LogP contribution in [0.5, 0.6) is 0 Å². The molecule has 0 fully saturated rings. The Morgan fingerprint density at radius 3 is 1.58 bits per heavy atom. The van der Waals surface area contributed by atoms with Crippen molar-refractivity contribution in [3.05, 3.63) is 193 Å². The number of hydrogen-bond donors (Lipinski definition) is 0. The molecule has 0 saturated heterocycles. The summed E-state index contributed by atoms with van der Waals surface area (Å²) in [6, 6.07) is 69.4. The molecule has 0 spiro atoms. The topological polar surface area (TPSA) is 9.86 Å². The molecular weight excluding hydrogens is 729 g/mol. The molecule has 0 saturated carbocycles. The lowest BCUT2D eigenvalue weighted by Gasteiger charge is -2.40. The molecule has 0 radical (unpaired) electrons. The summed E-state index contributed by atoms with van der Waals surface area (Å²) in [5, 5.41) is 10.9. The number of rotatable bonds is 4. The number of fused-ring (bicyclic) bond motifs is 8. The van der Waals surface area contributed by atoms with Crippen molar-refractivity contribution in [1.82, 2.24) is 9.13 Å². The zero-order valence-electron chi connectivity index (χ0n) is 34.7. The lowest BCUT2D eigenvalue weighted by molar-refractivity contribution is 0.590. The van der Waals surface area contributed by atoms with Crippen LogP contribution in [-0.2, 0) is 10.8 Å². The molecule has 59 heavy (non-hydrogen) atoms. The van der Waals surface area contributed by atoms with E-state index in [2.05, 4.69) is 233 Å². The highest BCUT2D eigenvalue weighted by atomic mass is 28.3. The SMILES string of the molecule is CC(C)(C)c1ccc2c(c1)c1cc(C(C)(C)C)ccc1n2-c1ccc2c(c1)c1cccc3c1n2-c1ccccc1[Si]3(c1ccccc1)c1cccc(-c2ccccc2)c1. The summed E-state index contributed by atoms with van der Waals surface area (Å²) in [4.78, 5) is 0. The average molecular weight is 777 g/mol. The first-order valence-corrected chi connectivity index (χ1v) is 23.0. The van der Waals surface area contributed by atoms with E-state index in [0.29, 0.717) is 0 Å². The molecule has 8 aromatic carbocycles. The summed E-state index contributed by atoms with van der Waals surface area (Å²) in [7, 11) is -2.84. The normalized spacial score (nSPS) is 15.4. The Labute approximate surface area is 348 Å². The highest BCUT2D eigenvalue weighted by molar-refractivity contribution is 7.21. The van der Waals surface area contributed by atoms with Crippen LogP contribution < -0.4 is 20.7 Å². The van der Waals surface area contributed by atoms with Gasteiger partial charge in [0.2, 0.25) is 0 Å². The summed E-state index contributed by atoms with van der Waals surface area (Å²) in [6.45, 7) is 13.9. The number of benzene rings is 8. The number of para-hydroxylation sites is 2. The van der Waals surface area contributed by atoms with Crippen LogP contribution in [0.25, 0.3) is 66.1 Å². The second kappa shape index (κ2) is 12.8. The van der Waals surface area contributed by atoms with Gasteiger partial charge >= 0.3 is 0 Å². The zero-order valence-corrected chi connectivity index (χ0v) is 35.7. The van der Waals surface area contributed by atoms with Crippen LogP contribution in [0.4, 0.5) is 0 Å². The molecule has 3 heteroatoms. The third-order valence-corrected chi connectivity index (χ3v) is 17.9. The van der Waals surface area contributed by atoms with E-state index in [-0.39, 0.29) is 10.8 Å². The molecule has 2 nitrogen and oxygen atoms in total. The predicted molar refractivity (Wildman–Crippen MR) is 255 cm³/mol. The minimum absolute atomic E-state index is 0.0480. The molecule has 1 unspecified atom stereocenters. The Hall–Kier alpha value is -6.42. The van der Waals surface area contributed by atoms with E-state index in [1.807, 2.05) is 0 Å². The van der Waals surface area contributed by atoms with Gasteiger partial charge in [-0.3, -0.25) is 0 Å². The maximum Gasteiger partial charge on any atom is 0.184 e. The number of nitrogens with zero attached hydrogens (tertiary/aromatic N) is 2. The fourth-order valence-electron chi connectivity index (χ4n) is 10.2. The van der Waals surface area contributed by atoms with E-state index in [4.69, 9.17) is 0 Å². The minimum Gasteiger partial charge on any atom is -0.309 e. The van der Waals surface area contributed by atoms with Crippen LogP contribution >= 0.6 is 0 Å². The van der Waals surface area contributed by atoms with E-state index < -0.39 is 8.07 Å². The molecule has 1 aliphatic heterocycles. The first-order valence-electron chi connectivity index (χ1n) is 21.0. The fraction of sp³-hybridized carbons (Fsp3) is 0.143. The van der Waals surface area contributed by atoms with E-state index >= 15 is 0 Å². The van der Waals surface area contributed by atoms with Crippen LogP contribution in [0, 0.1) is 0 Å². The van der Waals surface area contributed by atoms with Crippen LogP contribution in [0.2, 0.25) is 0 Å². The molecule has 2 aromatic heterocycles. The summed E-state index contributed by atoms with van der Waals surface area (Å²) < 4.78 is 5.08. The third kappa shape index (κ3) is 5.24. The largest absolute Gasteiger partial charge is 0.309 e. The maximum atomic E-state index is 2.57. The smallest absolute Gasteiger partial charge is 0.184 e. The highest BCUT2D eigenvalue weighted by Gasteiger charge is 2.47. The molecule has 0 aliphatic carbocycles. The summed E-state index contributed by atoms with van der Waals surface area (Å²) in [5.41, 5.74) is 12.8. The predicted octanol–water partition coefficient (Wildman–Crippen LogP) is 11.8. The van der Waals surface area contributed by atoms with Crippen LogP contribution in [0.15, 0.2) is 182 Å². The molecule has 0 amide bonds.